The predicted molar refractivity (Wildman–Crippen MR) is 26.3 cm³/mol. The fourth-order valence-electron chi connectivity index (χ4n) is 0.544. The van der Waals surface area contributed by atoms with Gasteiger partial charge in [-0.25, -0.2) is 0 Å². The number of aliphatic hydroxyl groups is 1. The molecule has 0 aromatic carbocycles. The molecule has 1 saturated heterocycles. The lowest BCUT2D eigenvalue weighted by molar-refractivity contribution is -0.137. The van der Waals surface area contributed by atoms with Gasteiger partial charge in [-0.1, -0.05) is 0 Å². The van der Waals surface area contributed by atoms with E-state index in [0.717, 1.165) is 6.26 Å². The molecular weight excluding hydrogens is 108 g/mol. The van der Waals surface area contributed by atoms with Crippen molar-refractivity contribution in [2.75, 3.05) is 6.61 Å². The van der Waals surface area contributed by atoms with Crippen molar-refractivity contribution in [2.24, 2.45) is 0 Å². The minimum Gasteiger partial charge on any atom is -0.515 e. The van der Waals surface area contributed by atoms with Crippen molar-refractivity contribution < 1.29 is 14.6 Å². The highest BCUT2D eigenvalue weighted by atomic mass is 16.5. The largest absolute Gasteiger partial charge is 0.515 e. The van der Waals surface area contributed by atoms with Crippen LogP contribution in [0.25, 0.3) is 0 Å². The highest BCUT2D eigenvalue weighted by Gasteiger charge is 2.15. The number of ether oxygens (including phenoxy) is 1. The van der Waals surface area contributed by atoms with Crippen LogP contribution >= 0.6 is 0 Å². The molecule has 1 aliphatic heterocycles. The summed E-state index contributed by atoms with van der Waals surface area (Å²) in [5.74, 6) is -0.259. The number of carbonyl (C=O) groups excluding carboxylic acids is 1. The Morgan fingerprint density at radius 3 is 2.75 bits per heavy atom. The van der Waals surface area contributed by atoms with Crippen molar-refractivity contribution >= 4 is 5.97 Å². The minimum atomic E-state index is -0.259. The third kappa shape index (κ3) is 0.804. The van der Waals surface area contributed by atoms with Gasteiger partial charge in [-0.05, 0) is 0 Å². The topological polar surface area (TPSA) is 46.5 Å². The molecule has 1 rings (SSSR count). The summed E-state index contributed by atoms with van der Waals surface area (Å²) in [5.41, 5.74) is 0.648. The number of rotatable bonds is 0. The van der Waals surface area contributed by atoms with Crippen LogP contribution in [0.5, 0.6) is 0 Å². The Morgan fingerprint density at radius 1 is 1.75 bits per heavy atom. The summed E-state index contributed by atoms with van der Waals surface area (Å²) < 4.78 is 4.49. The normalized spacial score (nSPS) is 24.0. The Bertz CT molecular complexity index is 137. The molecular formula is C5H6O3. The van der Waals surface area contributed by atoms with Gasteiger partial charge in [0.1, 0.15) is 6.61 Å². The fourth-order valence-corrected chi connectivity index (χ4v) is 0.544. The van der Waals surface area contributed by atoms with Crippen molar-refractivity contribution in [3.8, 4) is 0 Å². The number of aliphatic hydroxyl groups excluding tert-OH is 1. The van der Waals surface area contributed by atoms with Gasteiger partial charge < -0.3 is 9.84 Å². The summed E-state index contributed by atoms with van der Waals surface area (Å²) in [6.45, 7) is 0.259. The maximum absolute atomic E-state index is 10.2. The van der Waals surface area contributed by atoms with Gasteiger partial charge in [0.25, 0.3) is 0 Å². The lowest BCUT2D eigenvalue weighted by atomic mass is 10.3. The van der Waals surface area contributed by atoms with Crippen molar-refractivity contribution in [1.29, 1.82) is 0 Å². The van der Waals surface area contributed by atoms with Gasteiger partial charge in [-0.3, -0.25) is 4.79 Å². The average molecular weight is 114 g/mol. The summed E-state index contributed by atoms with van der Waals surface area (Å²) >= 11 is 0. The average Bonchev–Trinajstić information content (AvgIpc) is 2.14. The quantitative estimate of drug-likeness (QED) is 0.365. The molecule has 8 heavy (non-hydrogen) atoms. The molecule has 0 aromatic heterocycles. The van der Waals surface area contributed by atoms with Crippen molar-refractivity contribution in [1.82, 2.24) is 0 Å². The summed E-state index contributed by atoms with van der Waals surface area (Å²) in [7, 11) is 0. The molecule has 0 spiro atoms. The second-order valence-corrected chi connectivity index (χ2v) is 1.62. The molecule has 0 radical (unpaired) electrons. The zero-order valence-corrected chi connectivity index (χ0v) is 4.26. The third-order valence-corrected chi connectivity index (χ3v) is 0.973. The van der Waals surface area contributed by atoms with Crippen LogP contribution in [0.2, 0.25) is 0 Å². The van der Waals surface area contributed by atoms with E-state index in [1.54, 1.807) is 0 Å². The van der Waals surface area contributed by atoms with Gasteiger partial charge in [0.2, 0.25) is 0 Å². The Kier molecular flexibility index (Phi) is 1.20. The summed E-state index contributed by atoms with van der Waals surface area (Å²) in [4.78, 5) is 10.2. The Labute approximate surface area is 46.6 Å². The molecule has 0 unspecified atom stereocenters. The van der Waals surface area contributed by atoms with Gasteiger partial charge in [0.15, 0.2) is 0 Å². The molecule has 0 aliphatic carbocycles. The first-order valence-corrected chi connectivity index (χ1v) is 2.30. The predicted octanol–water partition coefficient (Wildman–Crippen LogP) is 0.375. The molecule has 0 bridgehead atoms. The Balaban J connectivity index is 2.56. The van der Waals surface area contributed by atoms with E-state index < -0.39 is 0 Å². The third-order valence-electron chi connectivity index (χ3n) is 0.973. The van der Waals surface area contributed by atoms with Crippen LogP contribution in [-0.2, 0) is 9.53 Å². The van der Waals surface area contributed by atoms with Crippen molar-refractivity contribution in [3.05, 3.63) is 11.8 Å². The maximum atomic E-state index is 10.2. The van der Waals surface area contributed by atoms with Crippen LogP contribution < -0.4 is 0 Å². The van der Waals surface area contributed by atoms with Crippen molar-refractivity contribution in [3.63, 3.8) is 0 Å². The molecule has 0 aromatic rings. The first-order valence-electron chi connectivity index (χ1n) is 2.30. The van der Waals surface area contributed by atoms with E-state index in [0.29, 0.717) is 5.57 Å². The monoisotopic (exact) mass is 114 g/mol. The van der Waals surface area contributed by atoms with E-state index in [1.165, 1.54) is 0 Å². The standard InChI is InChI=1S/C5H6O3/c6-2-4-1-5(7)8-3-4/h2,6H,1,3H2. The molecule has 44 valence electrons. The van der Waals surface area contributed by atoms with Crippen LogP contribution in [-0.4, -0.2) is 17.7 Å². The molecule has 3 heteroatoms. The summed E-state index contributed by atoms with van der Waals surface area (Å²) in [6, 6.07) is 0. The molecule has 1 N–H and O–H groups in total. The highest BCUT2D eigenvalue weighted by molar-refractivity contribution is 5.75. The van der Waals surface area contributed by atoms with Crippen molar-refractivity contribution in [2.45, 2.75) is 6.42 Å². The smallest absolute Gasteiger partial charge is 0.310 e. The van der Waals surface area contributed by atoms with Crippen LogP contribution in [0.4, 0.5) is 0 Å². The summed E-state index contributed by atoms with van der Waals surface area (Å²) in [6.07, 6.45) is 1.17. The first kappa shape index (κ1) is 5.15. The van der Waals surface area contributed by atoms with Crippen LogP contribution in [0.3, 0.4) is 0 Å². The fraction of sp³-hybridized carbons (Fsp3) is 0.400. The number of cyclic esters (lactones) is 1. The van der Waals surface area contributed by atoms with Gasteiger partial charge in [0.05, 0.1) is 12.7 Å². The zero-order valence-electron chi connectivity index (χ0n) is 4.26. The number of esters is 1. The second-order valence-electron chi connectivity index (χ2n) is 1.62. The lowest BCUT2D eigenvalue weighted by Gasteiger charge is -1.83. The number of hydrogen-bond donors (Lipinski definition) is 1. The molecule has 1 aliphatic rings. The summed E-state index contributed by atoms with van der Waals surface area (Å²) in [5, 5.41) is 8.29. The minimum absolute atomic E-state index is 0.247. The van der Waals surface area contributed by atoms with Crippen LogP contribution in [0.15, 0.2) is 11.8 Å². The van der Waals surface area contributed by atoms with Gasteiger partial charge >= 0.3 is 5.97 Å². The van der Waals surface area contributed by atoms with E-state index in [2.05, 4.69) is 4.74 Å². The second kappa shape index (κ2) is 1.86. The maximum Gasteiger partial charge on any atom is 0.310 e. The van der Waals surface area contributed by atoms with E-state index in [1.807, 2.05) is 0 Å². The van der Waals surface area contributed by atoms with Gasteiger partial charge in [-0.15, -0.1) is 0 Å². The Morgan fingerprint density at radius 2 is 2.50 bits per heavy atom. The van der Waals surface area contributed by atoms with Crippen LogP contribution in [0.1, 0.15) is 6.42 Å². The lowest BCUT2D eigenvalue weighted by Crippen LogP contribution is -1.88. The van der Waals surface area contributed by atoms with E-state index >= 15 is 0 Å². The first-order chi connectivity index (χ1) is 3.83. The van der Waals surface area contributed by atoms with E-state index in [4.69, 9.17) is 5.11 Å². The Hall–Kier alpha value is -0.990. The van der Waals surface area contributed by atoms with E-state index in [-0.39, 0.29) is 19.0 Å². The van der Waals surface area contributed by atoms with E-state index in [9.17, 15) is 4.79 Å². The zero-order chi connectivity index (χ0) is 5.98. The van der Waals surface area contributed by atoms with Crippen LogP contribution in [0, 0.1) is 0 Å². The molecule has 1 heterocycles. The molecule has 0 amide bonds. The SMILES string of the molecule is O=C1CC(=CO)CO1. The number of hydrogen-bond acceptors (Lipinski definition) is 3. The molecule has 0 saturated carbocycles. The molecule has 0 atom stereocenters. The molecule has 1 fully saturated rings. The van der Waals surface area contributed by atoms with Gasteiger partial charge in [-0.2, -0.15) is 0 Å². The number of carbonyl (C=O) groups is 1. The van der Waals surface area contributed by atoms with Gasteiger partial charge in [0, 0.05) is 5.57 Å². The highest BCUT2D eigenvalue weighted by Crippen LogP contribution is 2.10. The molecule has 3 nitrogen and oxygen atoms in total.